The number of nitrogens with two attached hydrogens (primary N) is 1. The van der Waals surface area contributed by atoms with Crippen molar-refractivity contribution in [3.63, 3.8) is 0 Å². The monoisotopic (exact) mass is 942 g/mol. The molecule has 62 heavy (non-hydrogen) atoms. The Morgan fingerprint density at radius 3 is 1.90 bits per heavy atom. The van der Waals surface area contributed by atoms with Gasteiger partial charge in [-0.1, -0.05) is 47.5 Å². The van der Waals surface area contributed by atoms with Crippen LogP contribution in [0, 0.1) is 22.7 Å². The summed E-state index contributed by atoms with van der Waals surface area (Å²) < 4.78 is 168. The molecule has 1 atom stereocenters. The number of rotatable bonds is 8. The molecule has 4 N–H and O–H groups in total. The van der Waals surface area contributed by atoms with Gasteiger partial charge in [-0.05, 0) is 71.8 Å². The van der Waals surface area contributed by atoms with Crippen molar-refractivity contribution < 1.29 is 66.4 Å². The quantitative estimate of drug-likeness (QED) is 0.0789. The minimum absolute atomic E-state index is 0.0246. The number of carbonyl (C=O) groups is 1. The van der Waals surface area contributed by atoms with Crippen molar-refractivity contribution in [3.8, 4) is 23.6 Å². The summed E-state index contributed by atoms with van der Waals surface area (Å²) in [6.07, 6.45) is -14.2. The molecule has 1 heterocycles. The van der Waals surface area contributed by atoms with Gasteiger partial charge in [0, 0.05) is 12.1 Å². The molecule has 5 rings (SSSR count). The maximum Gasteiger partial charge on any atom is 0.573 e. The lowest BCUT2D eigenvalue weighted by Gasteiger charge is -2.13. The number of urea groups is 1. The fourth-order valence-electron chi connectivity index (χ4n) is 4.88. The van der Waals surface area contributed by atoms with Gasteiger partial charge in [0.1, 0.15) is 28.2 Å². The molecule has 326 valence electrons. The molecule has 0 aliphatic rings. The second kappa shape index (κ2) is 19.0. The molecule has 4 aromatic carbocycles. The van der Waals surface area contributed by atoms with Crippen molar-refractivity contribution in [1.82, 2.24) is 15.2 Å². The van der Waals surface area contributed by atoms with Gasteiger partial charge in [0.05, 0.1) is 38.5 Å². The highest BCUT2D eigenvalue weighted by molar-refractivity contribution is 7.86. The molecule has 11 nitrogen and oxygen atoms in total. The third-order valence-corrected chi connectivity index (χ3v) is 9.32. The molecule has 1 unspecified atom stereocenters. The summed E-state index contributed by atoms with van der Waals surface area (Å²) in [6, 6.07) is 18.2. The molecule has 0 aliphatic heterocycles. The highest BCUT2D eigenvalue weighted by Crippen LogP contribution is 2.40. The SMILES string of the molecule is N#Cc1ccc(C/C(=N\NC(=O)Nc2ccc(OC(F)(F)F)cc2)c2cccc(C(F)(F)F)c2)cc1.N#Cc1nn(-c2c(Cl)cc(C(F)(F)F)cc2Cl)c(N)c1S(=O)C(F)(F)F. The third-order valence-electron chi connectivity index (χ3n) is 7.55. The Morgan fingerprint density at radius 2 is 1.40 bits per heavy atom. The number of hydrazone groups is 1. The van der Waals surface area contributed by atoms with Gasteiger partial charge < -0.3 is 15.8 Å². The molecule has 0 aliphatic carbocycles. The Hall–Kier alpha value is -6.50. The number of nitriles is 2. The van der Waals surface area contributed by atoms with Crippen LogP contribution in [0.15, 0.2) is 94.9 Å². The molecule has 26 heteroatoms. The number of benzene rings is 4. The summed E-state index contributed by atoms with van der Waals surface area (Å²) in [5.41, 5.74) is 0.167. The zero-order chi connectivity index (χ0) is 46.4. The predicted molar refractivity (Wildman–Crippen MR) is 198 cm³/mol. The van der Waals surface area contributed by atoms with Crippen molar-refractivity contribution in [2.45, 2.75) is 35.5 Å². The van der Waals surface area contributed by atoms with Gasteiger partial charge in [0.15, 0.2) is 16.5 Å². The summed E-state index contributed by atoms with van der Waals surface area (Å²) in [6.45, 7) is 0. The van der Waals surface area contributed by atoms with E-state index >= 15 is 0 Å². The number of hydrogen-bond donors (Lipinski definition) is 3. The second-order valence-electron chi connectivity index (χ2n) is 11.8. The second-order valence-corrected chi connectivity index (χ2v) is 14.1. The van der Waals surface area contributed by atoms with Crippen molar-refractivity contribution in [2.24, 2.45) is 5.10 Å². The first-order valence-corrected chi connectivity index (χ1v) is 18.1. The molecule has 2 amide bonds. The summed E-state index contributed by atoms with van der Waals surface area (Å²) >= 11 is 11.5. The molecule has 5 aromatic rings. The molecule has 0 bridgehead atoms. The number of amides is 2. The van der Waals surface area contributed by atoms with E-state index in [-0.39, 0.29) is 23.4 Å². The number of nitrogen functional groups attached to an aromatic ring is 1. The first-order valence-electron chi connectivity index (χ1n) is 16.2. The number of hydrogen-bond acceptors (Lipinski definition) is 8. The first kappa shape index (κ1) is 48.2. The Morgan fingerprint density at radius 1 is 0.823 bits per heavy atom. The largest absolute Gasteiger partial charge is 0.573 e. The van der Waals surface area contributed by atoms with E-state index in [4.69, 9.17) is 39.5 Å². The van der Waals surface area contributed by atoms with Crippen LogP contribution in [-0.2, 0) is 29.6 Å². The first-order chi connectivity index (χ1) is 28.7. The van der Waals surface area contributed by atoms with Crippen LogP contribution in [0.3, 0.4) is 0 Å². The van der Waals surface area contributed by atoms with Crippen molar-refractivity contribution in [3.05, 3.63) is 128 Å². The smallest absolute Gasteiger partial charge is 0.406 e. The molecular weight excluding hydrogens is 923 g/mol. The fraction of sp³-hybridized carbons (Fsp3) is 0.139. The van der Waals surface area contributed by atoms with Gasteiger partial charge in [-0.2, -0.15) is 60.2 Å². The van der Waals surface area contributed by atoms with Crippen LogP contribution in [0.1, 0.15) is 33.5 Å². The maximum atomic E-state index is 13.2. The summed E-state index contributed by atoms with van der Waals surface area (Å²) in [7, 11) is -3.71. The average Bonchev–Trinajstić information content (AvgIpc) is 3.50. The zero-order valence-electron chi connectivity index (χ0n) is 30.0. The topological polar surface area (TPSA) is 171 Å². The number of alkyl halides is 12. The zero-order valence-corrected chi connectivity index (χ0v) is 32.4. The van der Waals surface area contributed by atoms with Gasteiger partial charge in [0.25, 0.3) is 0 Å². The number of halogens is 14. The molecule has 0 radical (unpaired) electrons. The predicted octanol–water partition coefficient (Wildman–Crippen LogP) is 10.5. The molecular formula is C36H20Cl2F12N8O3S. The standard InChI is InChI=1S/C24H16F6N4O2.C12H4Cl2F6N4OS/c25-23(26,27)18-3-1-2-17(13-18)21(12-15-4-6-16(14-31)7-5-15)33-34-22(35)32-19-8-10-20(11-9-19)36-24(28,29)30;13-5-1-4(11(15,16)17)2-6(14)8(5)24-10(22)9(7(3-21)23-24)26(25)12(18,19)20/h1-11,13H,12H2,(H2,32,34,35);1-2H,22H2/b33-21+;. The maximum absolute atomic E-state index is 13.2. The Labute approximate surface area is 352 Å². The van der Waals surface area contributed by atoms with E-state index in [0.29, 0.717) is 27.9 Å². The lowest BCUT2D eigenvalue weighted by atomic mass is 9.99. The Balaban J connectivity index is 0.000000287. The van der Waals surface area contributed by atoms with Gasteiger partial charge >= 0.3 is 30.3 Å². The van der Waals surface area contributed by atoms with E-state index in [9.17, 15) is 61.7 Å². The lowest BCUT2D eigenvalue weighted by molar-refractivity contribution is -0.274. The van der Waals surface area contributed by atoms with Gasteiger partial charge in [-0.3, -0.25) is 0 Å². The summed E-state index contributed by atoms with van der Waals surface area (Å²) in [4.78, 5) is 11.1. The van der Waals surface area contributed by atoms with Crippen LogP contribution in [-0.4, -0.2) is 37.6 Å². The fourth-order valence-corrected chi connectivity index (χ4v) is 6.30. The van der Waals surface area contributed by atoms with E-state index in [1.54, 1.807) is 12.1 Å². The lowest BCUT2D eigenvalue weighted by Crippen LogP contribution is -2.26. The number of carbonyl (C=O) groups excluding carboxylic acids is 1. The van der Waals surface area contributed by atoms with E-state index in [0.717, 1.165) is 36.4 Å². The highest BCUT2D eigenvalue weighted by Gasteiger charge is 2.43. The van der Waals surface area contributed by atoms with Crippen molar-refractivity contribution >= 4 is 57.2 Å². The van der Waals surface area contributed by atoms with Crippen LogP contribution >= 0.6 is 23.2 Å². The van der Waals surface area contributed by atoms with Crippen molar-refractivity contribution in [1.29, 1.82) is 10.5 Å². The molecule has 0 saturated carbocycles. The molecule has 1 aromatic heterocycles. The number of aromatic nitrogens is 2. The van der Waals surface area contributed by atoms with Crippen LogP contribution in [0.5, 0.6) is 5.75 Å². The number of nitrogens with zero attached hydrogens (tertiary/aromatic N) is 5. The molecule has 0 spiro atoms. The van der Waals surface area contributed by atoms with Crippen LogP contribution in [0.25, 0.3) is 5.69 Å². The number of anilines is 2. The summed E-state index contributed by atoms with van der Waals surface area (Å²) in [5, 5.41) is 26.3. The minimum atomic E-state index is -5.25. The average molecular weight is 944 g/mol. The normalized spacial score (nSPS) is 12.6. The number of nitrogens with one attached hydrogen (secondary N) is 2. The third kappa shape index (κ3) is 12.8. The molecule has 0 saturated heterocycles. The van der Waals surface area contributed by atoms with Crippen LogP contribution < -0.4 is 21.2 Å². The minimum Gasteiger partial charge on any atom is -0.406 e. The molecule has 0 fully saturated rings. The summed E-state index contributed by atoms with van der Waals surface area (Å²) in [5.74, 6) is -1.39. The van der Waals surface area contributed by atoms with Gasteiger partial charge in [0.2, 0.25) is 0 Å². The van der Waals surface area contributed by atoms with Crippen LogP contribution in [0.2, 0.25) is 10.0 Å². The highest BCUT2D eigenvalue weighted by atomic mass is 35.5. The van der Waals surface area contributed by atoms with Gasteiger partial charge in [-0.25, -0.2) is 19.1 Å². The Kier molecular flexibility index (Phi) is 14.8. The van der Waals surface area contributed by atoms with Crippen LogP contribution in [0.4, 0.5) is 69.0 Å². The number of ether oxygens (including phenoxy) is 1. The van der Waals surface area contributed by atoms with E-state index < -0.39 is 90.1 Å². The van der Waals surface area contributed by atoms with Crippen molar-refractivity contribution in [2.75, 3.05) is 11.1 Å². The van der Waals surface area contributed by atoms with Gasteiger partial charge in [-0.15, -0.1) is 13.2 Å². The van der Waals surface area contributed by atoms with E-state index in [2.05, 4.69) is 25.7 Å². The van der Waals surface area contributed by atoms with E-state index in [1.807, 2.05) is 6.07 Å². The Bertz CT molecular complexity index is 2560. The van der Waals surface area contributed by atoms with E-state index in [1.165, 1.54) is 30.3 Å².